The second-order valence-electron chi connectivity index (χ2n) is 11.2. The zero-order valence-corrected chi connectivity index (χ0v) is 29.6. The van der Waals surface area contributed by atoms with E-state index in [9.17, 15) is 38.4 Å². The van der Waals surface area contributed by atoms with Crippen molar-refractivity contribution < 1.29 is 71.5 Å². The van der Waals surface area contributed by atoms with Gasteiger partial charge in [-0.25, -0.2) is 33.6 Å². The highest BCUT2D eigenvalue weighted by molar-refractivity contribution is 8.04. The normalized spacial score (nSPS) is 20.9. The van der Waals surface area contributed by atoms with Crippen LogP contribution in [-0.2, 0) is 71.5 Å². The zero-order chi connectivity index (χ0) is 37.0. The van der Waals surface area contributed by atoms with E-state index in [1.165, 1.54) is 37.4 Å². The van der Waals surface area contributed by atoms with Gasteiger partial charge in [0.2, 0.25) is 0 Å². The quantitative estimate of drug-likeness (QED) is 0.132. The Hall–Kier alpha value is -4.19. The predicted octanol–water partition coefficient (Wildman–Crippen LogP) is 0.998. The van der Waals surface area contributed by atoms with E-state index in [-0.39, 0.29) is 12.5 Å². The van der Waals surface area contributed by atoms with Crippen molar-refractivity contribution in [3.05, 3.63) is 11.1 Å². The van der Waals surface area contributed by atoms with Crippen molar-refractivity contribution in [2.75, 3.05) is 26.7 Å². The minimum Gasteiger partial charge on any atom is -0.463 e. The highest BCUT2D eigenvalue weighted by Crippen LogP contribution is 2.37. The molecule has 17 nitrogen and oxygen atoms in total. The molecule has 2 rings (SSSR count). The van der Waals surface area contributed by atoms with Gasteiger partial charge in [-0.3, -0.25) is 9.69 Å². The third-order valence-electron chi connectivity index (χ3n) is 7.10. The summed E-state index contributed by atoms with van der Waals surface area (Å²) in [6.07, 6.45) is -4.59. The van der Waals surface area contributed by atoms with Crippen molar-refractivity contribution in [2.45, 2.75) is 110 Å². The van der Waals surface area contributed by atoms with E-state index in [1.807, 2.05) is 0 Å². The highest BCUT2D eigenvalue weighted by Gasteiger charge is 2.39. The smallest absolute Gasteiger partial charge is 0.348 e. The van der Waals surface area contributed by atoms with E-state index in [4.69, 9.17) is 33.2 Å². The molecule has 2 aliphatic heterocycles. The van der Waals surface area contributed by atoms with Crippen molar-refractivity contribution in [2.24, 2.45) is 0 Å². The molecule has 18 heteroatoms. The highest BCUT2D eigenvalue weighted by atomic mass is 32.2. The topological polar surface area (TPSA) is 208 Å². The van der Waals surface area contributed by atoms with Crippen LogP contribution in [0.1, 0.15) is 67.7 Å². The lowest BCUT2D eigenvalue weighted by molar-refractivity contribution is -0.187. The molecule has 274 valence electrons. The number of likely N-dealkylation sites (N-methyl/N-ethyl adjacent to an activating group) is 1. The fraction of sp³-hybridized carbons (Fsp3) is 0.677. The average Bonchev–Trinajstić information content (AvgIpc) is 3.32. The number of esters is 7. The molecule has 49 heavy (non-hydrogen) atoms. The molecular weight excluding hydrogens is 672 g/mol. The Bertz CT molecular complexity index is 1300. The summed E-state index contributed by atoms with van der Waals surface area (Å²) in [4.78, 5) is 102. The third kappa shape index (κ3) is 12.3. The van der Waals surface area contributed by atoms with Crippen molar-refractivity contribution >= 4 is 59.5 Å². The number of nitrogens with zero attached hydrogens (tertiary/aromatic N) is 2. The van der Waals surface area contributed by atoms with E-state index < -0.39 is 83.8 Å². The molecule has 2 saturated heterocycles. The van der Waals surface area contributed by atoms with Crippen molar-refractivity contribution in [1.29, 1.82) is 0 Å². The molecule has 0 aliphatic carbocycles. The summed E-state index contributed by atoms with van der Waals surface area (Å²) < 4.78 is 34.6. The molecule has 0 saturated carbocycles. The molecular formula is C31H44N2O15S. The Kier molecular flexibility index (Phi) is 16.0. The van der Waals surface area contributed by atoms with Crippen LogP contribution in [-0.4, -0.2) is 126 Å². The molecule has 0 radical (unpaired) electrons. The number of amides is 1. The fourth-order valence-corrected chi connectivity index (χ4v) is 5.50. The Morgan fingerprint density at radius 3 is 1.41 bits per heavy atom. The Morgan fingerprint density at radius 2 is 1.02 bits per heavy atom. The maximum atomic E-state index is 12.7. The van der Waals surface area contributed by atoms with Gasteiger partial charge in [0.1, 0.15) is 5.37 Å². The van der Waals surface area contributed by atoms with Crippen LogP contribution >= 0.6 is 11.8 Å². The van der Waals surface area contributed by atoms with E-state index in [1.54, 1.807) is 14.0 Å². The van der Waals surface area contributed by atoms with Gasteiger partial charge >= 0.3 is 41.8 Å². The fourth-order valence-electron chi connectivity index (χ4n) is 4.24. The first-order chi connectivity index (χ1) is 23.0. The van der Waals surface area contributed by atoms with Crippen molar-refractivity contribution in [3.63, 3.8) is 0 Å². The van der Waals surface area contributed by atoms with E-state index in [0.717, 1.165) is 59.2 Å². The maximum absolute atomic E-state index is 12.7. The van der Waals surface area contributed by atoms with Crippen LogP contribution in [0, 0.1) is 0 Å². The minimum absolute atomic E-state index is 0.0731. The Morgan fingerprint density at radius 1 is 0.653 bits per heavy atom. The van der Waals surface area contributed by atoms with Gasteiger partial charge in [-0.05, 0) is 74.4 Å². The zero-order valence-electron chi connectivity index (χ0n) is 28.8. The van der Waals surface area contributed by atoms with Crippen LogP contribution in [0.4, 0.5) is 0 Å². The first-order valence-electron chi connectivity index (χ1n) is 15.8. The summed E-state index contributed by atoms with van der Waals surface area (Å²) in [5.74, 6) is -7.41. The first-order valence-corrected chi connectivity index (χ1v) is 16.6. The molecule has 0 aromatic carbocycles. The molecule has 2 heterocycles. The van der Waals surface area contributed by atoms with E-state index in [2.05, 4.69) is 4.90 Å². The first kappa shape index (κ1) is 41.0. The van der Waals surface area contributed by atoms with Crippen molar-refractivity contribution in [3.8, 4) is 0 Å². The molecule has 7 atom stereocenters. The summed E-state index contributed by atoms with van der Waals surface area (Å²) in [6.45, 7) is 10.3. The molecule has 2 fully saturated rings. The summed E-state index contributed by atoms with van der Waals surface area (Å²) >= 11 is 1.22. The standard InChI is InChI=1S/C31H44N2O15S/c1-9-42-26(36)16(2)44-28(38)18(4)46-30(40)20(6)48-31(41)21(7)47-29(39)19(5)45-27(37)17(3)43-23(34)15-22-32(8)24(35)25(49-22)33-13-11-10-12-14-33/h15-21,25H,9-14H2,1-8H3/b22-15-. The molecule has 1 amide bonds. The van der Waals surface area contributed by atoms with Gasteiger partial charge < -0.3 is 38.1 Å². The van der Waals surface area contributed by atoms with Crippen LogP contribution in [0.5, 0.6) is 0 Å². The van der Waals surface area contributed by atoms with Gasteiger partial charge in [-0.15, -0.1) is 0 Å². The van der Waals surface area contributed by atoms with Gasteiger partial charge in [-0.2, -0.15) is 0 Å². The predicted molar refractivity (Wildman–Crippen MR) is 168 cm³/mol. The summed E-state index contributed by atoms with van der Waals surface area (Å²) in [5.41, 5.74) is 0. The Labute approximate surface area is 288 Å². The van der Waals surface area contributed by atoms with Gasteiger partial charge in [0.15, 0.2) is 36.6 Å². The van der Waals surface area contributed by atoms with Crippen LogP contribution in [0.2, 0.25) is 0 Å². The largest absolute Gasteiger partial charge is 0.463 e. The number of carbonyl (C=O) groups is 8. The summed E-state index contributed by atoms with van der Waals surface area (Å²) in [7, 11) is 1.55. The van der Waals surface area contributed by atoms with Crippen LogP contribution < -0.4 is 0 Å². The lowest BCUT2D eigenvalue weighted by Gasteiger charge is -2.29. The maximum Gasteiger partial charge on any atom is 0.348 e. The molecule has 0 N–H and O–H groups in total. The minimum atomic E-state index is -1.56. The number of hydrogen-bond donors (Lipinski definition) is 0. The third-order valence-corrected chi connectivity index (χ3v) is 8.46. The molecule has 2 aliphatic rings. The van der Waals surface area contributed by atoms with Gasteiger partial charge in [0.05, 0.1) is 17.7 Å². The van der Waals surface area contributed by atoms with Gasteiger partial charge in [-0.1, -0.05) is 18.2 Å². The van der Waals surface area contributed by atoms with Crippen molar-refractivity contribution in [1.82, 2.24) is 9.80 Å². The van der Waals surface area contributed by atoms with Crippen LogP contribution in [0.25, 0.3) is 0 Å². The van der Waals surface area contributed by atoms with Crippen LogP contribution in [0.3, 0.4) is 0 Å². The summed E-state index contributed by atoms with van der Waals surface area (Å²) in [5, 5.41) is -0.0757. The Balaban J connectivity index is 1.80. The molecule has 0 bridgehead atoms. The van der Waals surface area contributed by atoms with Crippen LogP contribution in [0.15, 0.2) is 11.1 Å². The van der Waals surface area contributed by atoms with Gasteiger partial charge in [0.25, 0.3) is 5.91 Å². The molecule has 0 aromatic heterocycles. The molecule has 0 aromatic rings. The number of likely N-dealkylation sites (tertiary alicyclic amines) is 1. The summed E-state index contributed by atoms with van der Waals surface area (Å²) in [6, 6.07) is 0. The second kappa shape index (κ2) is 19.1. The number of carbonyl (C=O) groups excluding carboxylic acids is 8. The number of rotatable bonds is 15. The van der Waals surface area contributed by atoms with Gasteiger partial charge in [0, 0.05) is 7.05 Å². The lowest BCUT2D eigenvalue weighted by atomic mass is 10.1. The van der Waals surface area contributed by atoms with E-state index >= 15 is 0 Å². The van der Waals surface area contributed by atoms with E-state index in [0.29, 0.717) is 5.03 Å². The monoisotopic (exact) mass is 716 g/mol. The molecule has 7 unspecified atom stereocenters. The number of ether oxygens (including phenoxy) is 7. The number of hydrogen-bond acceptors (Lipinski definition) is 17. The number of thioether (sulfide) groups is 1. The number of piperidine rings is 1. The average molecular weight is 717 g/mol. The molecule has 0 spiro atoms. The second-order valence-corrected chi connectivity index (χ2v) is 12.3. The lowest BCUT2D eigenvalue weighted by Crippen LogP contribution is -2.42. The SMILES string of the molecule is CCOC(=O)C(C)OC(=O)C(C)OC(=O)C(C)OC(=O)C(C)OC(=O)C(C)OC(=O)C(C)OC(=O)/C=C1\SC(N2CCCCC2)C(=O)N1C.